The Hall–Kier alpha value is -2.83. The van der Waals surface area contributed by atoms with Crippen molar-refractivity contribution in [3.05, 3.63) is 77.1 Å². The SMILES string of the molecule is COC1(COc2ccc(C)cc2C)CCN(Cc2ccc(OCCn3ccc(C)n3)cc2)CC1. The van der Waals surface area contributed by atoms with Gasteiger partial charge in [0.15, 0.2) is 0 Å². The number of likely N-dealkylation sites (tertiary alicyclic amines) is 1. The second-order valence-electron chi connectivity index (χ2n) is 9.43. The molecule has 0 bridgehead atoms. The van der Waals surface area contributed by atoms with Crippen molar-refractivity contribution in [2.75, 3.05) is 33.4 Å². The van der Waals surface area contributed by atoms with E-state index in [-0.39, 0.29) is 5.60 Å². The lowest BCUT2D eigenvalue weighted by molar-refractivity contribution is -0.0840. The molecular weight excluding hydrogens is 426 g/mol. The van der Waals surface area contributed by atoms with Gasteiger partial charge in [0, 0.05) is 32.9 Å². The van der Waals surface area contributed by atoms with Crippen molar-refractivity contribution in [2.24, 2.45) is 0 Å². The van der Waals surface area contributed by atoms with Crippen LogP contribution in [0.1, 0.15) is 35.2 Å². The highest BCUT2D eigenvalue weighted by molar-refractivity contribution is 5.35. The number of rotatable bonds is 10. The van der Waals surface area contributed by atoms with Crippen molar-refractivity contribution in [3.8, 4) is 11.5 Å². The van der Waals surface area contributed by atoms with Crippen LogP contribution < -0.4 is 9.47 Å². The van der Waals surface area contributed by atoms with Gasteiger partial charge in [0.05, 0.1) is 12.2 Å². The van der Waals surface area contributed by atoms with E-state index in [1.54, 1.807) is 0 Å². The zero-order valence-electron chi connectivity index (χ0n) is 20.9. The highest BCUT2D eigenvalue weighted by Crippen LogP contribution is 2.29. The van der Waals surface area contributed by atoms with Gasteiger partial charge in [0.2, 0.25) is 0 Å². The maximum atomic E-state index is 6.19. The van der Waals surface area contributed by atoms with Gasteiger partial charge in [-0.3, -0.25) is 9.58 Å². The lowest BCUT2D eigenvalue weighted by atomic mass is 9.91. The molecule has 182 valence electrons. The zero-order valence-corrected chi connectivity index (χ0v) is 20.9. The molecule has 0 aliphatic carbocycles. The van der Waals surface area contributed by atoms with Crippen molar-refractivity contribution < 1.29 is 14.2 Å². The highest BCUT2D eigenvalue weighted by Gasteiger charge is 2.35. The summed E-state index contributed by atoms with van der Waals surface area (Å²) in [5, 5.41) is 4.39. The van der Waals surface area contributed by atoms with Gasteiger partial charge in [0.1, 0.15) is 30.3 Å². The van der Waals surface area contributed by atoms with Crippen molar-refractivity contribution in [3.63, 3.8) is 0 Å². The molecule has 0 amide bonds. The van der Waals surface area contributed by atoms with Crippen LogP contribution in [-0.2, 0) is 17.8 Å². The van der Waals surface area contributed by atoms with Crippen molar-refractivity contribution in [1.29, 1.82) is 0 Å². The summed E-state index contributed by atoms with van der Waals surface area (Å²) in [5.74, 6) is 1.85. The third-order valence-corrected chi connectivity index (χ3v) is 6.71. The number of hydrogen-bond donors (Lipinski definition) is 0. The molecule has 0 saturated carbocycles. The molecule has 1 aliphatic rings. The Kier molecular flexibility index (Phi) is 7.91. The highest BCUT2D eigenvalue weighted by atomic mass is 16.5. The van der Waals surface area contributed by atoms with Crippen LogP contribution in [0.3, 0.4) is 0 Å². The summed E-state index contributed by atoms with van der Waals surface area (Å²) in [6.07, 6.45) is 3.90. The standard InChI is InChI=1S/C28H37N3O3/c1-22-5-10-27(23(2)19-22)34-21-28(32-4)12-15-30(16-13-28)20-25-6-8-26(9-7-25)33-18-17-31-14-11-24(3)29-31/h5-11,14,19H,12-13,15-18,20-21H2,1-4H3. The first-order valence-electron chi connectivity index (χ1n) is 12.1. The fraction of sp³-hybridized carbons (Fsp3) is 0.464. The number of aryl methyl sites for hydroxylation is 3. The molecule has 2 aromatic carbocycles. The summed E-state index contributed by atoms with van der Waals surface area (Å²) < 4.78 is 20.0. The minimum Gasteiger partial charge on any atom is -0.492 e. The largest absolute Gasteiger partial charge is 0.492 e. The van der Waals surface area contributed by atoms with Crippen LogP contribution in [0, 0.1) is 20.8 Å². The minimum absolute atomic E-state index is 0.224. The number of hydrogen-bond acceptors (Lipinski definition) is 5. The van der Waals surface area contributed by atoms with E-state index >= 15 is 0 Å². The van der Waals surface area contributed by atoms with E-state index in [4.69, 9.17) is 14.2 Å². The quantitative estimate of drug-likeness (QED) is 0.426. The third kappa shape index (κ3) is 6.39. The normalized spacial score (nSPS) is 15.9. The van der Waals surface area contributed by atoms with E-state index in [0.29, 0.717) is 13.2 Å². The van der Waals surface area contributed by atoms with Crippen molar-refractivity contribution >= 4 is 0 Å². The van der Waals surface area contributed by atoms with Crippen LogP contribution in [-0.4, -0.2) is 53.7 Å². The van der Waals surface area contributed by atoms with Gasteiger partial charge < -0.3 is 14.2 Å². The lowest BCUT2D eigenvalue weighted by Crippen LogP contribution is -2.48. The predicted octanol–water partition coefficient (Wildman–Crippen LogP) is 4.95. The second-order valence-corrected chi connectivity index (χ2v) is 9.43. The molecule has 4 rings (SSSR count). The second kappa shape index (κ2) is 11.1. The van der Waals surface area contributed by atoms with Crippen molar-refractivity contribution in [1.82, 2.24) is 14.7 Å². The molecule has 0 atom stereocenters. The third-order valence-electron chi connectivity index (χ3n) is 6.71. The number of piperidine rings is 1. The van der Waals surface area contributed by atoms with Crippen LogP contribution in [0.4, 0.5) is 0 Å². The van der Waals surface area contributed by atoms with E-state index < -0.39 is 0 Å². The van der Waals surface area contributed by atoms with Gasteiger partial charge >= 0.3 is 0 Å². The molecule has 1 fully saturated rings. The monoisotopic (exact) mass is 463 g/mol. The summed E-state index contributed by atoms with van der Waals surface area (Å²) in [5.41, 5.74) is 4.53. The molecule has 0 unspecified atom stereocenters. The summed E-state index contributed by atoms with van der Waals surface area (Å²) in [6.45, 7) is 11.1. The maximum Gasteiger partial charge on any atom is 0.122 e. The van der Waals surface area contributed by atoms with E-state index in [1.807, 2.05) is 31.0 Å². The Labute approximate surface area is 203 Å². The summed E-state index contributed by atoms with van der Waals surface area (Å²) in [6, 6.07) is 16.8. The molecule has 2 heterocycles. The summed E-state index contributed by atoms with van der Waals surface area (Å²) >= 11 is 0. The van der Waals surface area contributed by atoms with Crippen molar-refractivity contribution in [2.45, 2.75) is 52.3 Å². The predicted molar refractivity (Wildman–Crippen MR) is 135 cm³/mol. The van der Waals surface area contributed by atoms with E-state index in [0.717, 1.165) is 56.2 Å². The van der Waals surface area contributed by atoms with Gasteiger partial charge in [-0.1, -0.05) is 29.8 Å². The van der Waals surface area contributed by atoms with E-state index in [1.165, 1.54) is 16.7 Å². The van der Waals surface area contributed by atoms with Gasteiger partial charge in [-0.2, -0.15) is 5.10 Å². The molecule has 6 heteroatoms. The summed E-state index contributed by atoms with van der Waals surface area (Å²) in [4.78, 5) is 2.49. The Bertz CT molecular complexity index is 1050. The number of methoxy groups -OCH3 is 1. The van der Waals surface area contributed by atoms with E-state index in [2.05, 4.69) is 66.3 Å². The molecule has 3 aromatic rings. The number of benzene rings is 2. The number of ether oxygens (including phenoxy) is 3. The molecule has 1 aromatic heterocycles. The number of aromatic nitrogens is 2. The Balaban J connectivity index is 1.22. The molecule has 0 spiro atoms. The van der Waals surface area contributed by atoms with Gasteiger partial charge in [0.25, 0.3) is 0 Å². The van der Waals surface area contributed by atoms with Gasteiger partial charge in [-0.05, 0) is 69.0 Å². The Morgan fingerprint density at radius 3 is 2.35 bits per heavy atom. The van der Waals surface area contributed by atoms with Crippen LogP contribution in [0.2, 0.25) is 0 Å². The molecule has 34 heavy (non-hydrogen) atoms. The Morgan fingerprint density at radius 2 is 1.71 bits per heavy atom. The molecular formula is C28H37N3O3. The fourth-order valence-corrected chi connectivity index (χ4v) is 4.49. The lowest BCUT2D eigenvalue weighted by Gasteiger charge is -2.40. The molecule has 1 aliphatic heterocycles. The Morgan fingerprint density at radius 1 is 0.941 bits per heavy atom. The molecule has 6 nitrogen and oxygen atoms in total. The maximum absolute atomic E-state index is 6.19. The van der Waals surface area contributed by atoms with Gasteiger partial charge in [-0.25, -0.2) is 0 Å². The van der Waals surface area contributed by atoms with Crippen LogP contribution >= 0.6 is 0 Å². The number of nitrogens with zero attached hydrogens (tertiary/aromatic N) is 3. The van der Waals surface area contributed by atoms with Crippen LogP contribution in [0.5, 0.6) is 11.5 Å². The first-order valence-corrected chi connectivity index (χ1v) is 12.1. The fourth-order valence-electron chi connectivity index (χ4n) is 4.49. The minimum atomic E-state index is -0.224. The average molecular weight is 464 g/mol. The summed E-state index contributed by atoms with van der Waals surface area (Å²) in [7, 11) is 1.81. The first-order chi connectivity index (χ1) is 16.4. The molecule has 0 N–H and O–H groups in total. The van der Waals surface area contributed by atoms with Crippen LogP contribution in [0.15, 0.2) is 54.7 Å². The molecule has 0 radical (unpaired) electrons. The average Bonchev–Trinajstić information content (AvgIpc) is 3.26. The van der Waals surface area contributed by atoms with Gasteiger partial charge in [-0.15, -0.1) is 0 Å². The topological polar surface area (TPSA) is 48.8 Å². The smallest absolute Gasteiger partial charge is 0.122 e. The van der Waals surface area contributed by atoms with E-state index in [9.17, 15) is 0 Å². The van der Waals surface area contributed by atoms with Crippen LogP contribution in [0.25, 0.3) is 0 Å². The first kappa shape index (κ1) is 24.3. The zero-order chi connectivity index (χ0) is 24.0. The molecule has 1 saturated heterocycles.